The lowest BCUT2D eigenvalue weighted by atomic mass is 9.99. The molecule has 8 aromatic carbocycles. The molecule has 3 heterocycles. The molecule has 0 fully saturated rings. The Kier molecular flexibility index (Phi) is 8.42. The van der Waals surface area contributed by atoms with E-state index in [1.807, 2.05) is 102 Å². The highest BCUT2D eigenvalue weighted by atomic mass is 19.4. The number of aryl methyl sites for hydroxylation is 1. The Balaban J connectivity index is 1.20. The standard InChI is InChI=1S/C53H34F3N5/c1-33-21-25-47-41(29-33)43-32-38(53(54,55)56)24-28-48(43)61(47)49-27-23-37(36-22-26-46-42(30-36)40-19-11-12-20-45(40)60(46)39-17-9-4-10-18-39)31-44(49)52-58-50(34-13-5-2-6-14-34)57-51(59-52)35-15-7-3-8-16-35/h2-32H,1H3. The summed E-state index contributed by atoms with van der Waals surface area (Å²) < 4.78 is 47.0. The van der Waals surface area contributed by atoms with Crippen LogP contribution < -0.4 is 0 Å². The molecule has 0 spiro atoms. The topological polar surface area (TPSA) is 48.5 Å². The average Bonchev–Trinajstić information content (AvgIpc) is 3.81. The molecule has 8 heteroatoms. The van der Waals surface area contributed by atoms with Crippen molar-refractivity contribution in [3.63, 3.8) is 0 Å². The van der Waals surface area contributed by atoms with E-state index in [0.717, 1.165) is 78.0 Å². The van der Waals surface area contributed by atoms with Crippen molar-refractivity contribution in [1.29, 1.82) is 0 Å². The van der Waals surface area contributed by atoms with Crippen LogP contribution in [0.25, 0.3) is 100 Å². The van der Waals surface area contributed by atoms with E-state index in [1.54, 1.807) is 6.07 Å². The number of hydrogen-bond acceptors (Lipinski definition) is 3. The van der Waals surface area contributed by atoms with E-state index < -0.39 is 11.7 Å². The fourth-order valence-corrected chi connectivity index (χ4v) is 8.60. The molecule has 11 aromatic rings. The molecule has 0 atom stereocenters. The monoisotopic (exact) mass is 797 g/mol. The van der Waals surface area contributed by atoms with Crippen molar-refractivity contribution in [1.82, 2.24) is 24.1 Å². The van der Waals surface area contributed by atoms with Crippen LogP contribution in [0.15, 0.2) is 188 Å². The number of benzene rings is 8. The molecule has 0 saturated carbocycles. The molecule has 0 radical (unpaired) electrons. The number of alkyl halides is 3. The van der Waals surface area contributed by atoms with Gasteiger partial charge in [0.05, 0.1) is 33.3 Å². The van der Waals surface area contributed by atoms with Gasteiger partial charge in [-0.25, -0.2) is 15.0 Å². The summed E-state index contributed by atoms with van der Waals surface area (Å²) in [5.41, 5.74) is 9.92. The SMILES string of the molecule is Cc1ccc2c(c1)c1cc(C(F)(F)F)ccc1n2-c1ccc(-c2ccc3c(c2)c2ccccc2n3-c2ccccc2)cc1-c1nc(-c2ccccc2)nc(-c2ccccc2)n1. The molecule has 0 amide bonds. The molecule has 0 saturated heterocycles. The smallest absolute Gasteiger partial charge is 0.309 e. The second-order valence-electron chi connectivity index (χ2n) is 15.3. The Hall–Kier alpha value is -7.84. The van der Waals surface area contributed by atoms with Gasteiger partial charge in [-0.15, -0.1) is 0 Å². The maximum Gasteiger partial charge on any atom is 0.416 e. The molecule has 0 aliphatic carbocycles. The number of aromatic nitrogens is 5. The molecule has 0 N–H and O–H groups in total. The first-order valence-electron chi connectivity index (χ1n) is 20.0. The molecule has 5 nitrogen and oxygen atoms in total. The van der Waals surface area contributed by atoms with Crippen LogP contribution in [0.2, 0.25) is 0 Å². The molecule has 11 rings (SSSR count). The minimum atomic E-state index is -4.50. The largest absolute Gasteiger partial charge is 0.416 e. The van der Waals surface area contributed by atoms with Crippen LogP contribution in [-0.4, -0.2) is 24.1 Å². The molecule has 61 heavy (non-hydrogen) atoms. The Morgan fingerprint density at radius 2 is 0.902 bits per heavy atom. The first-order valence-corrected chi connectivity index (χ1v) is 20.0. The molecule has 0 unspecified atom stereocenters. The van der Waals surface area contributed by atoms with Crippen LogP contribution >= 0.6 is 0 Å². The summed E-state index contributed by atoms with van der Waals surface area (Å²) in [6.07, 6.45) is -4.50. The van der Waals surface area contributed by atoms with Gasteiger partial charge in [-0.3, -0.25) is 0 Å². The third-order valence-corrected chi connectivity index (χ3v) is 11.4. The van der Waals surface area contributed by atoms with E-state index in [2.05, 4.69) is 83.4 Å². The normalized spacial score (nSPS) is 11.9. The summed E-state index contributed by atoms with van der Waals surface area (Å²) in [5.74, 6) is 1.44. The number of nitrogens with zero attached hydrogens (tertiary/aromatic N) is 5. The van der Waals surface area contributed by atoms with E-state index >= 15 is 0 Å². The minimum Gasteiger partial charge on any atom is -0.309 e. The number of fused-ring (bicyclic) bond motifs is 6. The van der Waals surface area contributed by atoms with Crippen molar-refractivity contribution in [2.45, 2.75) is 13.1 Å². The van der Waals surface area contributed by atoms with E-state index in [9.17, 15) is 13.2 Å². The van der Waals surface area contributed by atoms with Gasteiger partial charge >= 0.3 is 6.18 Å². The third-order valence-electron chi connectivity index (χ3n) is 11.4. The zero-order chi connectivity index (χ0) is 41.2. The summed E-state index contributed by atoms with van der Waals surface area (Å²) in [6.45, 7) is 1.95. The Morgan fingerprint density at radius 3 is 1.59 bits per heavy atom. The maximum atomic E-state index is 14.2. The third kappa shape index (κ3) is 6.23. The molecule has 3 aromatic heterocycles. The van der Waals surface area contributed by atoms with Gasteiger partial charge in [0.15, 0.2) is 17.5 Å². The van der Waals surface area contributed by atoms with E-state index in [1.165, 1.54) is 6.07 Å². The van der Waals surface area contributed by atoms with Crippen molar-refractivity contribution in [2.24, 2.45) is 0 Å². The fraction of sp³-hybridized carbons (Fsp3) is 0.0377. The molecule has 292 valence electrons. The Bertz CT molecular complexity index is 3400. The lowest BCUT2D eigenvalue weighted by molar-refractivity contribution is -0.137. The van der Waals surface area contributed by atoms with Crippen molar-refractivity contribution in [2.75, 3.05) is 0 Å². The van der Waals surface area contributed by atoms with Crippen LogP contribution in [0.3, 0.4) is 0 Å². The molecule has 0 bridgehead atoms. The minimum absolute atomic E-state index is 0.431. The summed E-state index contributed by atoms with van der Waals surface area (Å²) in [4.78, 5) is 15.3. The lowest BCUT2D eigenvalue weighted by Gasteiger charge is -2.17. The van der Waals surface area contributed by atoms with Gasteiger partial charge in [0, 0.05) is 43.9 Å². The number of rotatable bonds is 6. The summed E-state index contributed by atoms with van der Waals surface area (Å²) >= 11 is 0. The van der Waals surface area contributed by atoms with Gasteiger partial charge in [0.2, 0.25) is 0 Å². The molecule has 0 aliphatic heterocycles. The van der Waals surface area contributed by atoms with Crippen molar-refractivity contribution >= 4 is 43.6 Å². The van der Waals surface area contributed by atoms with Gasteiger partial charge < -0.3 is 9.13 Å². The van der Waals surface area contributed by atoms with E-state index in [0.29, 0.717) is 33.9 Å². The highest BCUT2D eigenvalue weighted by molar-refractivity contribution is 6.12. The second kappa shape index (κ2) is 14.2. The summed E-state index contributed by atoms with van der Waals surface area (Å²) in [5, 5.41) is 3.48. The highest BCUT2D eigenvalue weighted by Gasteiger charge is 2.31. The first-order chi connectivity index (χ1) is 29.8. The predicted octanol–water partition coefficient (Wildman–Crippen LogP) is 14.1. The lowest BCUT2D eigenvalue weighted by Crippen LogP contribution is -2.05. The second-order valence-corrected chi connectivity index (χ2v) is 15.3. The molecule has 0 aliphatic rings. The highest BCUT2D eigenvalue weighted by Crippen LogP contribution is 2.42. The van der Waals surface area contributed by atoms with Crippen molar-refractivity contribution in [3.8, 4) is 56.7 Å². The molecular weight excluding hydrogens is 764 g/mol. The number of hydrogen-bond donors (Lipinski definition) is 0. The van der Waals surface area contributed by atoms with Crippen LogP contribution in [0, 0.1) is 6.92 Å². The molecular formula is C53H34F3N5. The van der Waals surface area contributed by atoms with Crippen LogP contribution in [0.4, 0.5) is 13.2 Å². The number of halogens is 3. The van der Waals surface area contributed by atoms with Crippen LogP contribution in [0.1, 0.15) is 11.1 Å². The average molecular weight is 798 g/mol. The van der Waals surface area contributed by atoms with E-state index in [4.69, 9.17) is 15.0 Å². The summed E-state index contributed by atoms with van der Waals surface area (Å²) in [6, 6.07) is 61.0. The van der Waals surface area contributed by atoms with Gasteiger partial charge in [-0.2, -0.15) is 13.2 Å². The van der Waals surface area contributed by atoms with Crippen LogP contribution in [0.5, 0.6) is 0 Å². The van der Waals surface area contributed by atoms with Crippen molar-refractivity contribution < 1.29 is 13.2 Å². The van der Waals surface area contributed by atoms with Crippen molar-refractivity contribution in [3.05, 3.63) is 199 Å². The first kappa shape index (κ1) is 36.3. The Morgan fingerprint density at radius 1 is 0.393 bits per heavy atom. The zero-order valence-corrected chi connectivity index (χ0v) is 32.8. The zero-order valence-electron chi connectivity index (χ0n) is 32.8. The van der Waals surface area contributed by atoms with Crippen LogP contribution in [-0.2, 0) is 6.18 Å². The van der Waals surface area contributed by atoms with E-state index in [-0.39, 0.29) is 0 Å². The van der Waals surface area contributed by atoms with Gasteiger partial charge in [-0.05, 0) is 90.8 Å². The maximum absolute atomic E-state index is 14.2. The van der Waals surface area contributed by atoms with Gasteiger partial charge in [-0.1, -0.05) is 121 Å². The van der Waals surface area contributed by atoms with Gasteiger partial charge in [0.1, 0.15) is 0 Å². The quantitative estimate of drug-likeness (QED) is 0.168. The predicted molar refractivity (Wildman–Crippen MR) is 240 cm³/mol. The fourth-order valence-electron chi connectivity index (χ4n) is 8.60. The Labute approximate surface area is 348 Å². The van der Waals surface area contributed by atoms with Gasteiger partial charge in [0.25, 0.3) is 0 Å². The summed E-state index contributed by atoms with van der Waals surface area (Å²) in [7, 11) is 0. The number of para-hydroxylation sites is 2.